The van der Waals surface area contributed by atoms with Gasteiger partial charge in [0.05, 0.1) is 25.5 Å². The number of fused-ring (bicyclic) bond motifs is 1. The van der Waals surface area contributed by atoms with E-state index in [1.807, 2.05) is 49.4 Å². The molecule has 2 aromatic carbocycles. The van der Waals surface area contributed by atoms with Crippen LogP contribution in [0.1, 0.15) is 34.7 Å². The largest absolute Gasteiger partial charge is 0.493 e. The summed E-state index contributed by atoms with van der Waals surface area (Å²) in [5.41, 5.74) is 3.90. The van der Waals surface area contributed by atoms with E-state index in [4.69, 9.17) is 9.84 Å². The molecule has 1 aliphatic rings. The summed E-state index contributed by atoms with van der Waals surface area (Å²) in [5, 5.41) is 12.0. The zero-order valence-electron chi connectivity index (χ0n) is 14.1. The van der Waals surface area contributed by atoms with Gasteiger partial charge in [0.2, 0.25) is 5.91 Å². The van der Waals surface area contributed by atoms with Crippen molar-refractivity contribution in [2.45, 2.75) is 32.2 Å². The topological polar surface area (TPSA) is 75.6 Å². The lowest BCUT2D eigenvalue weighted by atomic mass is 10.0. The van der Waals surface area contributed by atoms with Crippen LogP contribution in [0.15, 0.2) is 42.5 Å². The van der Waals surface area contributed by atoms with Crippen molar-refractivity contribution in [3.8, 4) is 5.75 Å². The lowest BCUT2D eigenvalue weighted by molar-refractivity contribution is -0.137. The molecule has 0 aliphatic carbocycles. The van der Waals surface area contributed by atoms with Crippen LogP contribution in [0.3, 0.4) is 0 Å². The van der Waals surface area contributed by atoms with Crippen LogP contribution in [0.5, 0.6) is 5.75 Å². The van der Waals surface area contributed by atoms with E-state index in [1.54, 1.807) is 0 Å². The van der Waals surface area contributed by atoms with Gasteiger partial charge in [-0.05, 0) is 29.7 Å². The summed E-state index contributed by atoms with van der Waals surface area (Å²) in [6.07, 6.45) is 0.928. The van der Waals surface area contributed by atoms with Gasteiger partial charge in [-0.3, -0.25) is 9.59 Å². The SMILES string of the molecule is Cc1ccc([C@@H](CC(=O)O)NC(=O)Cc2ccc3c(c2)CCO3)cc1. The maximum absolute atomic E-state index is 12.4. The summed E-state index contributed by atoms with van der Waals surface area (Å²) in [6, 6.07) is 12.8. The van der Waals surface area contributed by atoms with Gasteiger partial charge in [-0.25, -0.2) is 0 Å². The molecule has 0 fully saturated rings. The first-order valence-electron chi connectivity index (χ1n) is 8.33. The Morgan fingerprint density at radius 3 is 2.68 bits per heavy atom. The van der Waals surface area contributed by atoms with Crippen LogP contribution in [0.2, 0.25) is 0 Å². The Bertz CT molecular complexity index is 783. The highest BCUT2D eigenvalue weighted by molar-refractivity contribution is 5.80. The van der Waals surface area contributed by atoms with Crippen LogP contribution in [0.25, 0.3) is 0 Å². The number of carbonyl (C=O) groups excluding carboxylic acids is 1. The van der Waals surface area contributed by atoms with Gasteiger partial charge in [0.15, 0.2) is 0 Å². The third kappa shape index (κ3) is 4.38. The lowest BCUT2D eigenvalue weighted by Crippen LogP contribution is -2.31. The number of nitrogens with one attached hydrogen (secondary N) is 1. The van der Waals surface area contributed by atoms with E-state index in [9.17, 15) is 9.59 Å². The number of benzene rings is 2. The van der Waals surface area contributed by atoms with Crippen molar-refractivity contribution in [1.82, 2.24) is 5.32 Å². The smallest absolute Gasteiger partial charge is 0.305 e. The summed E-state index contributed by atoms with van der Waals surface area (Å²) >= 11 is 0. The molecule has 2 aromatic rings. The van der Waals surface area contributed by atoms with Crippen LogP contribution in [0, 0.1) is 6.92 Å². The molecule has 0 radical (unpaired) electrons. The van der Waals surface area contributed by atoms with Crippen LogP contribution in [-0.4, -0.2) is 23.6 Å². The van der Waals surface area contributed by atoms with Gasteiger partial charge in [0.25, 0.3) is 0 Å². The number of hydrogen-bond donors (Lipinski definition) is 2. The van der Waals surface area contributed by atoms with Gasteiger partial charge in [-0.2, -0.15) is 0 Å². The van der Waals surface area contributed by atoms with Crippen molar-refractivity contribution in [2.75, 3.05) is 6.61 Å². The highest BCUT2D eigenvalue weighted by Crippen LogP contribution is 2.26. The van der Waals surface area contributed by atoms with Gasteiger partial charge < -0.3 is 15.2 Å². The first-order chi connectivity index (χ1) is 12.0. The summed E-state index contributed by atoms with van der Waals surface area (Å²) < 4.78 is 5.47. The molecule has 130 valence electrons. The second kappa shape index (κ2) is 7.38. The average molecular weight is 339 g/mol. The Hall–Kier alpha value is -2.82. The molecule has 3 rings (SSSR count). The minimum atomic E-state index is -0.944. The Morgan fingerprint density at radius 2 is 1.96 bits per heavy atom. The number of ether oxygens (including phenoxy) is 1. The molecule has 0 spiro atoms. The highest BCUT2D eigenvalue weighted by Gasteiger charge is 2.19. The Labute approximate surface area is 146 Å². The van der Waals surface area contributed by atoms with Gasteiger partial charge in [-0.15, -0.1) is 0 Å². The van der Waals surface area contributed by atoms with Gasteiger partial charge in [0.1, 0.15) is 5.75 Å². The zero-order chi connectivity index (χ0) is 17.8. The predicted octanol–water partition coefficient (Wildman–Crippen LogP) is 2.80. The Balaban J connectivity index is 1.69. The molecule has 0 aromatic heterocycles. The third-order valence-corrected chi connectivity index (χ3v) is 4.31. The van der Waals surface area contributed by atoms with E-state index in [-0.39, 0.29) is 18.7 Å². The number of aryl methyl sites for hydroxylation is 1. The monoisotopic (exact) mass is 339 g/mol. The van der Waals surface area contributed by atoms with Crippen molar-refractivity contribution in [3.05, 3.63) is 64.7 Å². The zero-order valence-corrected chi connectivity index (χ0v) is 14.1. The second-order valence-electron chi connectivity index (χ2n) is 6.35. The van der Waals surface area contributed by atoms with E-state index in [2.05, 4.69) is 5.32 Å². The molecule has 0 saturated carbocycles. The molecule has 1 heterocycles. The van der Waals surface area contributed by atoms with E-state index >= 15 is 0 Å². The second-order valence-corrected chi connectivity index (χ2v) is 6.35. The molecule has 0 saturated heterocycles. The number of rotatable bonds is 6. The van der Waals surface area contributed by atoms with Crippen LogP contribution >= 0.6 is 0 Å². The molecule has 5 heteroatoms. The van der Waals surface area contributed by atoms with Crippen molar-refractivity contribution in [1.29, 1.82) is 0 Å². The fourth-order valence-corrected chi connectivity index (χ4v) is 3.01. The quantitative estimate of drug-likeness (QED) is 0.848. The average Bonchev–Trinajstić information content (AvgIpc) is 3.02. The van der Waals surface area contributed by atoms with Gasteiger partial charge >= 0.3 is 5.97 Å². The Kier molecular flexibility index (Phi) is 5.03. The fourth-order valence-electron chi connectivity index (χ4n) is 3.01. The van der Waals surface area contributed by atoms with Crippen LogP contribution in [0.4, 0.5) is 0 Å². The molecule has 0 unspecified atom stereocenters. The molecular formula is C20H21NO4. The number of carboxylic acid groups (broad SMARTS) is 1. The van der Waals surface area contributed by atoms with Crippen molar-refractivity contribution < 1.29 is 19.4 Å². The molecule has 25 heavy (non-hydrogen) atoms. The van der Waals surface area contributed by atoms with E-state index in [0.29, 0.717) is 6.61 Å². The summed E-state index contributed by atoms with van der Waals surface area (Å²) in [4.78, 5) is 23.6. The number of amides is 1. The minimum absolute atomic E-state index is 0.146. The maximum Gasteiger partial charge on any atom is 0.305 e. The summed E-state index contributed by atoms with van der Waals surface area (Å²) in [7, 11) is 0. The fraction of sp³-hybridized carbons (Fsp3) is 0.300. The summed E-state index contributed by atoms with van der Waals surface area (Å²) in [6.45, 7) is 2.64. The molecule has 1 amide bonds. The van der Waals surface area contributed by atoms with Crippen molar-refractivity contribution in [3.63, 3.8) is 0 Å². The first kappa shape index (κ1) is 17.0. The van der Waals surface area contributed by atoms with Gasteiger partial charge in [-0.1, -0.05) is 42.0 Å². The number of carboxylic acids is 1. The normalized spacial score (nSPS) is 13.6. The number of aliphatic carboxylic acids is 1. The van der Waals surface area contributed by atoms with Crippen molar-refractivity contribution in [2.24, 2.45) is 0 Å². The standard InChI is InChI=1S/C20H21NO4/c1-13-2-5-15(6-3-13)17(12-20(23)24)21-19(22)11-14-4-7-18-16(10-14)8-9-25-18/h2-7,10,17H,8-9,11-12H2,1H3,(H,21,22)(H,23,24)/t17-/m1/s1. The Morgan fingerprint density at radius 1 is 1.20 bits per heavy atom. The molecular weight excluding hydrogens is 318 g/mol. The van der Waals surface area contributed by atoms with Crippen molar-refractivity contribution >= 4 is 11.9 Å². The predicted molar refractivity (Wildman–Crippen MR) is 93.7 cm³/mol. The molecule has 0 bridgehead atoms. The van der Waals surface area contributed by atoms with E-state index in [1.165, 1.54) is 0 Å². The maximum atomic E-state index is 12.4. The molecule has 5 nitrogen and oxygen atoms in total. The third-order valence-electron chi connectivity index (χ3n) is 4.31. The lowest BCUT2D eigenvalue weighted by Gasteiger charge is -2.18. The van der Waals surface area contributed by atoms with Crippen LogP contribution < -0.4 is 10.1 Å². The van der Waals surface area contributed by atoms with Gasteiger partial charge in [0, 0.05) is 6.42 Å². The minimum Gasteiger partial charge on any atom is -0.493 e. The molecule has 1 atom stereocenters. The van der Waals surface area contributed by atoms with E-state index in [0.717, 1.165) is 34.4 Å². The number of carbonyl (C=O) groups is 2. The number of hydrogen-bond acceptors (Lipinski definition) is 3. The van der Waals surface area contributed by atoms with Crippen LogP contribution in [-0.2, 0) is 22.4 Å². The highest BCUT2D eigenvalue weighted by atomic mass is 16.5. The molecule has 1 aliphatic heterocycles. The molecule has 2 N–H and O–H groups in total. The first-order valence-corrected chi connectivity index (χ1v) is 8.33. The van der Waals surface area contributed by atoms with E-state index < -0.39 is 12.0 Å². The summed E-state index contributed by atoms with van der Waals surface area (Å²) in [5.74, 6) is -0.251.